The lowest BCUT2D eigenvalue weighted by atomic mass is 10.2. The molecule has 100 valence electrons. The average Bonchev–Trinajstić information content (AvgIpc) is 2.37. The number of halogens is 1. The Morgan fingerprint density at radius 2 is 2.05 bits per heavy atom. The van der Waals surface area contributed by atoms with Crippen LogP contribution in [0.5, 0.6) is 0 Å². The lowest BCUT2D eigenvalue weighted by Crippen LogP contribution is -2.09. The van der Waals surface area contributed by atoms with Gasteiger partial charge >= 0.3 is 0 Å². The Morgan fingerprint density at radius 3 is 2.79 bits per heavy atom. The maximum Gasteiger partial charge on any atom is 0.186 e. The summed E-state index contributed by atoms with van der Waals surface area (Å²) in [5.41, 5.74) is 5.51. The Hall–Kier alpha value is -1.79. The van der Waals surface area contributed by atoms with Gasteiger partial charge in [-0.3, -0.25) is 4.98 Å². The molecule has 0 unspecified atom stereocenters. The smallest absolute Gasteiger partial charge is 0.186 e. The van der Waals surface area contributed by atoms with Gasteiger partial charge in [-0.05, 0) is 18.2 Å². The number of hydrogen-bond donors (Lipinski definition) is 1. The predicted octanol–water partition coefficient (Wildman–Crippen LogP) is 1.82. The summed E-state index contributed by atoms with van der Waals surface area (Å²) in [6, 6.07) is 8.27. The van der Waals surface area contributed by atoms with Crippen LogP contribution in [-0.4, -0.2) is 25.7 Å². The molecule has 1 heterocycles. The lowest BCUT2D eigenvalue weighted by molar-refractivity contribution is 0.583. The van der Waals surface area contributed by atoms with E-state index in [0.29, 0.717) is 10.9 Å². The van der Waals surface area contributed by atoms with Gasteiger partial charge in [0.2, 0.25) is 0 Å². The first-order valence-corrected chi connectivity index (χ1v) is 7.31. The fourth-order valence-corrected chi connectivity index (χ4v) is 3.16. The van der Waals surface area contributed by atoms with Gasteiger partial charge in [-0.15, -0.1) is 0 Å². The van der Waals surface area contributed by atoms with E-state index in [0.717, 1.165) is 6.08 Å². The van der Waals surface area contributed by atoms with Crippen LogP contribution < -0.4 is 5.73 Å². The minimum Gasteiger partial charge on any atom is -0.327 e. The summed E-state index contributed by atoms with van der Waals surface area (Å²) in [5, 5.41) is 0.701. The molecule has 1 aromatic heterocycles. The van der Waals surface area contributed by atoms with E-state index in [1.165, 1.54) is 12.3 Å². The third-order valence-electron chi connectivity index (χ3n) is 2.60. The summed E-state index contributed by atoms with van der Waals surface area (Å²) in [5.74, 6) is -1.45. The average molecular weight is 280 g/mol. The van der Waals surface area contributed by atoms with Gasteiger partial charge in [-0.25, -0.2) is 12.8 Å². The molecule has 19 heavy (non-hydrogen) atoms. The van der Waals surface area contributed by atoms with Crippen molar-refractivity contribution < 1.29 is 12.8 Å². The Kier molecular flexibility index (Phi) is 3.92. The number of nitrogens with zero attached hydrogens (tertiary/aromatic N) is 1. The van der Waals surface area contributed by atoms with Crippen molar-refractivity contribution in [2.45, 2.75) is 4.90 Å². The molecule has 0 aliphatic rings. The van der Waals surface area contributed by atoms with Gasteiger partial charge in [0.15, 0.2) is 9.84 Å². The van der Waals surface area contributed by atoms with Crippen LogP contribution in [0.2, 0.25) is 0 Å². The first kappa shape index (κ1) is 13.6. The van der Waals surface area contributed by atoms with Crippen LogP contribution in [0.25, 0.3) is 10.9 Å². The third-order valence-corrected chi connectivity index (χ3v) is 4.25. The summed E-state index contributed by atoms with van der Waals surface area (Å²) < 4.78 is 37.7. The molecule has 0 atom stereocenters. The molecule has 0 aliphatic heterocycles. The fourth-order valence-electron chi connectivity index (χ4n) is 1.77. The molecule has 0 bridgehead atoms. The van der Waals surface area contributed by atoms with Crippen molar-refractivity contribution in [1.29, 1.82) is 0 Å². The number of rotatable bonds is 4. The summed E-state index contributed by atoms with van der Waals surface area (Å²) in [7, 11) is -3.77. The molecule has 2 rings (SSSR count). The van der Waals surface area contributed by atoms with Gasteiger partial charge in [0, 0.05) is 18.1 Å². The van der Waals surface area contributed by atoms with E-state index in [1.807, 2.05) is 0 Å². The highest BCUT2D eigenvalue weighted by Crippen LogP contribution is 2.23. The quantitative estimate of drug-likeness (QED) is 0.927. The number of hydrogen-bond acceptors (Lipinski definition) is 4. The third kappa shape index (κ3) is 2.97. The number of fused-ring (bicyclic) bond motifs is 1. The highest BCUT2D eigenvalue weighted by molar-refractivity contribution is 7.91. The molecule has 4 nitrogen and oxygen atoms in total. The van der Waals surface area contributed by atoms with Crippen LogP contribution in [0, 0.1) is 0 Å². The van der Waals surface area contributed by atoms with Gasteiger partial charge in [-0.2, -0.15) is 0 Å². The van der Waals surface area contributed by atoms with E-state index >= 15 is 0 Å². The van der Waals surface area contributed by atoms with Crippen molar-refractivity contribution in [3.05, 3.63) is 48.4 Å². The monoisotopic (exact) mass is 280 g/mol. The molecular weight excluding hydrogens is 267 g/mol. The topological polar surface area (TPSA) is 73.1 Å². The minimum atomic E-state index is -3.77. The van der Waals surface area contributed by atoms with E-state index < -0.39 is 21.4 Å². The second-order valence-electron chi connectivity index (χ2n) is 3.98. The van der Waals surface area contributed by atoms with Crippen LogP contribution in [0.15, 0.2) is 53.3 Å². The largest absolute Gasteiger partial charge is 0.327 e. The number of aromatic nitrogens is 1. The molecule has 0 spiro atoms. The molecule has 2 N–H and O–H groups in total. The summed E-state index contributed by atoms with van der Waals surface area (Å²) in [6.45, 7) is -0.0326. The van der Waals surface area contributed by atoms with Crippen molar-refractivity contribution in [2.24, 2.45) is 5.73 Å². The normalized spacial score (nSPS) is 12.8. The van der Waals surface area contributed by atoms with Crippen LogP contribution in [0.4, 0.5) is 4.39 Å². The van der Waals surface area contributed by atoms with E-state index in [2.05, 4.69) is 4.98 Å². The second-order valence-corrected chi connectivity index (χ2v) is 5.94. The predicted molar refractivity (Wildman–Crippen MR) is 72.0 cm³/mol. The molecule has 0 amide bonds. The van der Waals surface area contributed by atoms with Gasteiger partial charge in [0.25, 0.3) is 0 Å². The van der Waals surface area contributed by atoms with Crippen LogP contribution in [0.3, 0.4) is 0 Å². The zero-order chi connectivity index (χ0) is 13.9. The van der Waals surface area contributed by atoms with E-state index in [9.17, 15) is 12.8 Å². The number of nitrogens with two attached hydrogens (primary N) is 1. The van der Waals surface area contributed by atoms with Crippen molar-refractivity contribution in [1.82, 2.24) is 4.98 Å². The van der Waals surface area contributed by atoms with Gasteiger partial charge in [0.1, 0.15) is 11.6 Å². The first-order chi connectivity index (χ1) is 9.04. The van der Waals surface area contributed by atoms with Crippen molar-refractivity contribution in [3.63, 3.8) is 0 Å². The van der Waals surface area contributed by atoms with Gasteiger partial charge in [0.05, 0.1) is 10.4 Å². The Morgan fingerprint density at radius 1 is 1.32 bits per heavy atom. The summed E-state index contributed by atoms with van der Waals surface area (Å²) in [4.78, 5) is 4.09. The Balaban J connectivity index is 2.52. The zero-order valence-corrected chi connectivity index (χ0v) is 10.9. The van der Waals surface area contributed by atoms with Crippen molar-refractivity contribution in [2.75, 3.05) is 12.3 Å². The number of pyridine rings is 1. The highest BCUT2D eigenvalue weighted by Gasteiger charge is 2.20. The first-order valence-electron chi connectivity index (χ1n) is 5.66. The molecule has 0 saturated carbocycles. The number of benzene rings is 1. The molecule has 1 aromatic carbocycles. The van der Waals surface area contributed by atoms with Gasteiger partial charge < -0.3 is 5.73 Å². The van der Waals surface area contributed by atoms with Crippen LogP contribution in [0.1, 0.15) is 0 Å². The molecule has 0 saturated heterocycles. The molecule has 0 aliphatic carbocycles. The van der Waals surface area contributed by atoms with Gasteiger partial charge in [-0.1, -0.05) is 18.2 Å². The standard InChI is InChI=1S/C13H13FN2O2S/c14-11(6-7-15)9-19(17,18)12-5-1-3-10-4-2-8-16-13(10)12/h1-6,8H,7,9,15H2/b11-6-. The Labute approximate surface area is 110 Å². The van der Waals surface area contributed by atoms with Crippen LogP contribution in [-0.2, 0) is 9.84 Å². The fraction of sp³-hybridized carbons (Fsp3) is 0.154. The van der Waals surface area contributed by atoms with Crippen LogP contribution >= 0.6 is 0 Å². The molecule has 0 radical (unpaired) electrons. The second kappa shape index (κ2) is 5.46. The maximum absolute atomic E-state index is 13.4. The highest BCUT2D eigenvalue weighted by atomic mass is 32.2. The van der Waals surface area contributed by atoms with E-state index in [-0.39, 0.29) is 11.4 Å². The van der Waals surface area contributed by atoms with Crippen molar-refractivity contribution >= 4 is 20.7 Å². The minimum absolute atomic E-state index is 0.0326. The Bertz CT molecular complexity index is 721. The lowest BCUT2D eigenvalue weighted by Gasteiger charge is -2.06. The van der Waals surface area contributed by atoms with E-state index in [4.69, 9.17) is 5.73 Å². The molecule has 6 heteroatoms. The summed E-state index contributed by atoms with van der Waals surface area (Å²) in [6.07, 6.45) is 2.56. The zero-order valence-electron chi connectivity index (χ0n) is 10.1. The SMILES string of the molecule is NC/C=C(\F)CS(=O)(=O)c1cccc2cccnc12. The van der Waals surface area contributed by atoms with Crippen molar-refractivity contribution in [3.8, 4) is 0 Å². The van der Waals surface area contributed by atoms with E-state index in [1.54, 1.807) is 24.3 Å². The molecule has 0 fully saturated rings. The molecular formula is C13H13FN2O2S. The molecule has 2 aromatic rings. The number of para-hydroxylation sites is 1. The maximum atomic E-state index is 13.4. The summed E-state index contributed by atoms with van der Waals surface area (Å²) >= 11 is 0. The number of sulfone groups is 1.